The Morgan fingerprint density at radius 2 is 1.81 bits per heavy atom. The van der Waals surface area contributed by atoms with Gasteiger partial charge < -0.3 is 9.47 Å². The van der Waals surface area contributed by atoms with E-state index in [1.54, 1.807) is 12.1 Å². The van der Waals surface area contributed by atoms with Crippen molar-refractivity contribution >= 4 is 29.4 Å². The molecule has 7 heteroatoms. The average molecular weight is 388 g/mol. The fraction of sp³-hybridized carbons (Fsp3) is 0.250. The highest BCUT2D eigenvalue weighted by molar-refractivity contribution is 6.32. The van der Waals surface area contributed by atoms with Crippen molar-refractivity contribution in [2.75, 3.05) is 19.8 Å². The minimum atomic E-state index is -0.710. The lowest BCUT2D eigenvalue weighted by Gasteiger charge is -2.13. The second kappa shape index (κ2) is 8.68. The Kier molecular flexibility index (Phi) is 6.08. The summed E-state index contributed by atoms with van der Waals surface area (Å²) in [5.41, 5.74) is 1.94. The van der Waals surface area contributed by atoms with Gasteiger partial charge in [0.1, 0.15) is 5.75 Å². The van der Waals surface area contributed by atoms with Crippen LogP contribution in [0.5, 0.6) is 5.75 Å². The molecule has 1 saturated heterocycles. The molecule has 0 spiro atoms. The molecule has 0 saturated carbocycles. The van der Waals surface area contributed by atoms with Crippen molar-refractivity contribution in [3.63, 3.8) is 0 Å². The highest BCUT2D eigenvalue weighted by Crippen LogP contribution is 2.30. The number of carbonyl (C=O) groups excluding carboxylic acids is 3. The second-order valence-electron chi connectivity index (χ2n) is 6.00. The molecule has 2 amide bonds. The number of benzene rings is 2. The Morgan fingerprint density at radius 1 is 1.04 bits per heavy atom. The van der Waals surface area contributed by atoms with Gasteiger partial charge in [-0.2, -0.15) is 0 Å². The van der Waals surface area contributed by atoms with E-state index in [0.29, 0.717) is 30.2 Å². The number of ether oxygens (including phenoxy) is 2. The van der Waals surface area contributed by atoms with Crippen molar-refractivity contribution in [3.05, 3.63) is 53.6 Å². The first kappa shape index (κ1) is 18.9. The SMILES string of the molecule is O=C(COc1ccc(-c2ccccc2)cc1Cl)OCC(=O)N1CCCC1=O. The minimum Gasteiger partial charge on any atom is -0.480 e. The van der Waals surface area contributed by atoms with Crippen molar-refractivity contribution in [3.8, 4) is 16.9 Å². The molecule has 0 N–H and O–H groups in total. The maximum absolute atomic E-state index is 11.8. The summed E-state index contributed by atoms with van der Waals surface area (Å²) in [7, 11) is 0. The first-order valence-electron chi connectivity index (χ1n) is 8.51. The number of nitrogens with zero attached hydrogens (tertiary/aromatic N) is 1. The molecule has 1 aliphatic rings. The molecule has 0 radical (unpaired) electrons. The van der Waals surface area contributed by atoms with E-state index < -0.39 is 18.5 Å². The van der Waals surface area contributed by atoms with Crippen LogP contribution in [-0.2, 0) is 19.1 Å². The molecule has 1 fully saturated rings. The molecule has 0 aromatic heterocycles. The zero-order chi connectivity index (χ0) is 19.2. The highest BCUT2D eigenvalue weighted by atomic mass is 35.5. The van der Waals surface area contributed by atoms with Gasteiger partial charge >= 0.3 is 5.97 Å². The van der Waals surface area contributed by atoms with Gasteiger partial charge in [-0.25, -0.2) is 4.79 Å². The van der Waals surface area contributed by atoms with Crippen LogP contribution in [0, 0.1) is 0 Å². The molecule has 140 valence electrons. The van der Waals surface area contributed by atoms with Gasteiger partial charge in [-0.15, -0.1) is 0 Å². The number of hydrogen-bond acceptors (Lipinski definition) is 5. The number of likely N-dealkylation sites (tertiary alicyclic amines) is 1. The summed E-state index contributed by atoms with van der Waals surface area (Å²) in [4.78, 5) is 36.2. The number of rotatable bonds is 6. The molecule has 0 atom stereocenters. The quantitative estimate of drug-likeness (QED) is 0.712. The number of halogens is 1. The summed E-state index contributed by atoms with van der Waals surface area (Å²) in [5, 5.41) is 0.364. The maximum atomic E-state index is 11.8. The van der Waals surface area contributed by atoms with Gasteiger partial charge in [0.2, 0.25) is 5.91 Å². The molecule has 1 aliphatic heterocycles. The fourth-order valence-electron chi connectivity index (χ4n) is 2.74. The van der Waals surface area contributed by atoms with Crippen LogP contribution in [0.4, 0.5) is 0 Å². The minimum absolute atomic E-state index is 0.238. The molecular weight excluding hydrogens is 370 g/mol. The fourth-order valence-corrected chi connectivity index (χ4v) is 2.97. The summed E-state index contributed by atoms with van der Waals surface area (Å²) in [6.07, 6.45) is 0.985. The van der Waals surface area contributed by atoms with Crippen LogP contribution < -0.4 is 4.74 Å². The van der Waals surface area contributed by atoms with Crippen LogP contribution in [0.15, 0.2) is 48.5 Å². The summed E-state index contributed by atoms with van der Waals surface area (Å²) >= 11 is 6.22. The van der Waals surface area contributed by atoms with Gasteiger partial charge in [0.05, 0.1) is 5.02 Å². The summed E-state index contributed by atoms with van der Waals surface area (Å²) < 4.78 is 10.2. The average Bonchev–Trinajstić information content (AvgIpc) is 3.11. The van der Waals surface area contributed by atoms with Crippen molar-refractivity contribution < 1.29 is 23.9 Å². The monoisotopic (exact) mass is 387 g/mol. The third-order valence-electron chi connectivity index (χ3n) is 4.12. The van der Waals surface area contributed by atoms with E-state index in [1.165, 1.54) is 0 Å². The number of hydrogen-bond donors (Lipinski definition) is 0. The van der Waals surface area contributed by atoms with Crippen LogP contribution in [-0.4, -0.2) is 42.4 Å². The van der Waals surface area contributed by atoms with Gasteiger partial charge in [-0.05, 0) is 29.7 Å². The van der Waals surface area contributed by atoms with Gasteiger partial charge in [0.25, 0.3) is 5.91 Å². The van der Waals surface area contributed by atoms with Crippen molar-refractivity contribution in [1.82, 2.24) is 4.90 Å². The molecule has 2 aromatic rings. The summed E-state index contributed by atoms with van der Waals surface area (Å²) in [6, 6.07) is 15.0. The van der Waals surface area contributed by atoms with Crippen LogP contribution in [0.2, 0.25) is 5.02 Å². The molecule has 0 bridgehead atoms. The highest BCUT2D eigenvalue weighted by Gasteiger charge is 2.27. The number of esters is 1. The predicted octanol–water partition coefficient (Wildman–Crippen LogP) is 3.08. The Morgan fingerprint density at radius 3 is 2.48 bits per heavy atom. The lowest BCUT2D eigenvalue weighted by Crippen LogP contribution is -2.35. The smallest absolute Gasteiger partial charge is 0.344 e. The van der Waals surface area contributed by atoms with E-state index in [1.807, 2.05) is 36.4 Å². The van der Waals surface area contributed by atoms with Crippen molar-refractivity contribution in [2.45, 2.75) is 12.8 Å². The van der Waals surface area contributed by atoms with E-state index in [4.69, 9.17) is 21.1 Å². The lowest BCUT2D eigenvalue weighted by molar-refractivity contribution is -0.155. The number of imide groups is 1. The Hall–Kier alpha value is -2.86. The summed E-state index contributed by atoms with van der Waals surface area (Å²) in [5.74, 6) is -1.12. The topological polar surface area (TPSA) is 72.9 Å². The third kappa shape index (κ3) is 4.86. The molecule has 0 aliphatic carbocycles. The van der Waals surface area contributed by atoms with Crippen LogP contribution in [0.1, 0.15) is 12.8 Å². The molecule has 0 unspecified atom stereocenters. The number of carbonyl (C=O) groups is 3. The first-order valence-corrected chi connectivity index (χ1v) is 8.89. The zero-order valence-electron chi connectivity index (χ0n) is 14.5. The Labute approximate surface area is 161 Å². The molecule has 2 aromatic carbocycles. The van der Waals surface area contributed by atoms with Gasteiger partial charge in [-0.3, -0.25) is 14.5 Å². The molecule has 6 nitrogen and oxygen atoms in total. The van der Waals surface area contributed by atoms with E-state index in [-0.39, 0.29) is 12.5 Å². The lowest BCUT2D eigenvalue weighted by atomic mass is 10.1. The van der Waals surface area contributed by atoms with Crippen LogP contribution in [0.25, 0.3) is 11.1 Å². The molecule has 1 heterocycles. The predicted molar refractivity (Wildman–Crippen MR) is 99.3 cm³/mol. The first-order chi connectivity index (χ1) is 13.0. The standard InChI is InChI=1S/C20H18ClNO5/c21-16-11-15(14-5-2-1-3-6-14)8-9-17(16)26-13-20(25)27-12-19(24)22-10-4-7-18(22)23/h1-3,5-6,8-9,11H,4,7,10,12-13H2. The van der Waals surface area contributed by atoms with E-state index in [9.17, 15) is 14.4 Å². The number of amides is 2. The normalized spacial score (nSPS) is 13.5. The van der Waals surface area contributed by atoms with Crippen molar-refractivity contribution in [2.24, 2.45) is 0 Å². The maximum Gasteiger partial charge on any atom is 0.344 e. The largest absolute Gasteiger partial charge is 0.480 e. The van der Waals surface area contributed by atoms with Crippen LogP contribution in [0.3, 0.4) is 0 Å². The van der Waals surface area contributed by atoms with E-state index >= 15 is 0 Å². The molecular formula is C20H18ClNO5. The third-order valence-corrected chi connectivity index (χ3v) is 4.41. The van der Waals surface area contributed by atoms with Gasteiger partial charge in [-0.1, -0.05) is 48.0 Å². The van der Waals surface area contributed by atoms with Gasteiger partial charge in [0.15, 0.2) is 13.2 Å². The van der Waals surface area contributed by atoms with Gasteiger partial charge in [0, 0.05) is 13.0 Å². The summed E-state index contributed by atoms with van der Waals surface area (Å²) in [6.45, 7) is -0.491. The molecule has 3 rings (SSSR count). The Bertz CT molecular complexity index is 853. The Balaban J connectivity index is 1.50. The van der Waals surface area contributed by atoms with Crippen LogP contribution >= 0.6 is 11.6 Å². The zero-order valence-corrected chi connectivity index (χ0v) is 15.3. The molecule has 27 heavy (non-hydrogen) atoms. The van der Waals surface area contributed by atoms with E-state index in [0.717, 1.165) is 16.0 Å². The van der Waals surface area contributed by atoms with Crippen molar-refractivity contribution in [1.29, 1.82) is 0 Å². The second-order valence-corrected chi connectivity index (χ2v) is 6.41. The van der Waals surface area contributed by atoms with E-state index in [2.05, 4.69) is 0 Å².